The minimum Gasteiger partial charge on any atom is -0.466 e. The van der Waals surface area contributed by atoms with E-state index in [1.807, 2.05) is 6.92 Å². The van der Waals surface area contributed by atoms with Gasteiger partial charge in [-0.05, 0) is 61.4 Å². The predicted molar refractivity (Wildman–Crippen MR) is 134 cm³/mol. The van der Waals surface area contributed by atoms with Crippen LogP contribution in [0.1, 0.15) is 26.2 Å². The Morgan fingerprint density at radius 3 is 2.09 bits per heavy atom. The third-order valence-electron chi connectivity index (χ3n) is 5.55. The number of nitrogens with zero attached hydrogens (tertiary/aromatic N) is 1. The van der Waals surface area contributed by atoms with Crippen LogP contribution in [0.5, 0.6) is 0 Å². The maximum Gasteiger partial charge on any atom is 0.335 e. The largest absolute Gasteiger partial charge is 0.466 e. The number of unbranched alkanes of at least 4 members (excludes halogenated alkanes) is 1. The highest BCUT2D eigenvalue weighted by Crippen LogP contribution is 2.32. The lowest BCUT2D eigenvalue weighted by atomic mass is 10.0. The Hall–Kier alpha value is -1.95. The molecule has 2 aromatic carbocycles. The monoisotopic (exact) mass is 560 g/mol. The Labute approximate surface area is 216 Å². The van der Waals surface area contributed by atoms with E-state index in [0.717, 1.165) is 10.7 Å². The molecule has 0 amide bonds. The number of rotatable bonds is 9. The maximum absolute atomic E-state index is 13.6. The molecular formula is C23H26Cl2N2O6S2. The van der Waals surface area contributed by atoms with Gasteiger partial charge in [-0.15, -0.1) is 0 Å². The number of halogens is 2. The van der Waals surface area contributed by atoms with E-state index in [1.54, 1.807) is 6.08 Å². The summed E-state index contributed by atoms with van der Waals surface area (Å²) in [6, 6.07) is 9.55. The van der Waals surface area contributed by atoms with E-state index < -0.39 is 38.1 Å². The highest BCUT2D eigenvalue weighted by molar-refractivity contribution is 7.89. The standard InChI is InChI=1S/C23H26Cl2N2O6S2/c1-3-4-5-21(23(28)33-2)22-14-18(26-34(29,30)19-10-6-16(24)7-11-19)15-27(22)35(31,32)20-12-8-17(25)9-13-20/h5-13,18,22,26H,3-4,14-15H2,1-2H3/t18-,22+/m1/s1. The molecule has 0 aromatic heterocycles. The van der Waals surface area contributed by atoms with Crippen molar-refractivity contribution in [1.29, 1.82) is 0 Å². The minimum absolute atomic E-state index is 0.00725. The number of nitrogens with one attached hydrogen (secondary N) is 1. The summed E-state index contributed by atoms with van der Waals surface area (Å²) in [5.74, 6) is -0.666. The number of ether oxygens (including phenoxy) is 1. The first kappa shape index (κ1) is 27.6. The average molecular weight is 562 g/mol. The first-order chi connectivity index (χ1) is 16.5. The fourth-order valence-electron chi connectivity index (χ4n) is 3.86. The van der Waals surface area contributed by atoms with Crippen LogP contribution in [0, 0.1) is 0 Å². The van der Waals surface area contributed by atoms with Crippen LogP contribution in [0.15, 0.2) is 70.0 Å². The molecule has 35 heavy (non-hydrogen) atoms. The third kappa shape index (κ3) is 6.44. The van der Waals surface area contributed by atoms with Crippen molar-refractivity contribution in [2.45, 2.75) is 48.1 Å². The summed E-state index contributed by atoms with van der Waals surface area (Å²) in [5.41, 5.74) is 0.167. The van der Waals surface area contributed by atoms with Gasteiger partial charge in [0.05, 0.1) is 28.5 Å². The SMILES string of the molecule is CCCC=C(C(=O)OC)[C@@H]1C[C@@H](NS(=O)(=O)c2ccc(Cl)cc2)CN1S(=O)(=O)c1ccc(Cl)cc1. The Bertz CT molecular complexity index is 1290. The molecule has 2 atom stereocenters. The van der Waals surface area contributed by atoms with Crippen LogP contribution in [-0.2, 0) is 29.6 Å². The second-order valence-electron chi connectivity index (χ2n) is 7.99. The molecule has 12 heteroatoms. The van der Waals surface area contributed by atoms with Crippen LogP contribution in [0.2, 0.25) is 10.0 Å². The maximum atomic E-state index is 13.6. The zero-order chi connectivity index (χ0) is 25.8. The number of hydrogen-bond donors (Lipinski definition) is 1. The van der Waals surface area contributed by atoms with Gasteiger partial charge in [0.1, 0.15) is 0 Å². The van der Waals surface area contributed by atoms with Crippen molar-refractivity contribution in [3.05, 3.63) is 70.2 Å². The molecule has 0 saturated carbocycles. The second kappa shape index (κ2) is 11.4. The molecule has 0 aliphatic carbocycles. The molecule has 1 fully saturated rings. The summed E-state index contributed by atoms with van der Waals surface area (Å²) in [6.45, 7) is 1.74. The molecule has 8 nitrogen and oxygen atoms in total. The first-order valence-electron chi connectivity index (χ1n) is 10.8. The number of methoxy groups -OCH3 is 1. The summed E-state index contributed by atoms with van der Waals surface area (Å²) in [7, 11) is -6.86. The molecule has 1 heterocycles. The van der Waals surface area contributed by atoms with Crippen LogP contribution < -0.4 is 4.72 Å². The van der Waals surface area contributed by atoms with Crippen LogP contribution >= 0.6 is 23.2 Å². The number of esters is 1. The van der Waals surface area contributed by atoms with Crippen molar-refractivity contribution in [2.75, 3.05) is 13.7 Å². The molecule has 2 aromatic rings. The highest BCUT2D eigenvalue weighted by Gasteiger charge is 2.45. The van der Waals surface area contributed by atoms with Crippen LogP contribution in [0.4, 0.5) is 0 Å². The summed E-state index contributed by atoms with van der Waals surface area (Å²) in [4.78, 5) is 12.6. The molecule has 0 unspecified atom stereocenters. The topological polar surface area (TPSA) is 110 Å². The molecule has 0 bridgehead atoms. The van der Waals surface area contributed by atoms with Crippen molar-refractivity contribution in [3.8, 4) is 0 Å². The quantitative estimate of drug-likeness (QED) is 0.366. The lowest BCUT2D eigenvalue weighted by molar-refractivity contribution is -0.136. The number of hydrogen-bond acceptors (Lipinski definition) is 6. The zero-order valence-electron chi connectivity index (χ0n) is 19.1. The Morgan fingerprint density at radius 1 is 1.03 bits per heavy atom. The molecule has 0 spiro atoms. The number of sulfonamides is 2. The van der Waals surface area contributed by atoms with Gasteiger partial charge < -0.3 is 4.74 Å². The molecule has 0 radical (unpaired) electrons. The summed E-state index contributed by atoms with van der Waals surface area (Å²) >= 11 is 11.8. The first-order valence-corrected chi connectivity index (χ1v) is 14.5. The Kier molecular flexibility index (Phi) is 9.01. The van der Waals surface area contributed by atoms with Gasteiger partial charge in [-0.2, -0.15) is 4.31 Å². The Morgan fingerprint density at radius 2 is 1.57 bits per heavy atom. The third-order valence-corrected chi connectivity index (χ3v) is 9.48. The van der Waals surface area contributed by atoms with Crippen molar-refractivity contribution < 1.29 is 26.4 Å². The van der Waals surface area contributed by atoms with Gasteiger partial charge in [0.2, 0.25) is 20.0 Å². The lowest BCUT2D eigenvalue weighted by Gasteiger charge is -2.25. The lowest BCUT2D eigenvalue weighted by Crippen LogP contribution is -2.40. The average Bonchev–Trinajstić information content (AvgIpc) is 3.23. The number of carbonyl (C=O) groups is 1. The van der Waals surface area contributed by atoms with Crippen molar-refractivity contribution in [3.63, 3.8) is 0 Å². The van der Waals surface area contributed by atoms with E-state index in [0.29, 0.717) is 16.5 Å². The molecule has 3 rings (SSSR count). The van der Waals surface area contributed by atoms with Crippen molar-refractivity contribution >= 4 is 49.2 Å². The number of allylic oxidation sites excluding steroid dienone is 1. The molecule has 1 saturated heterocycles. The van der Waals surface area contributed by atoms with Crippen molar-refractivity contribution in [1.82, 2.24) is 9.03 Å². The Balaban J connectivity index is 2.00. The van der Waals surface area contributed by atoms with Crippen LogP contribution in [-0.4, -0.2) is 52.8 Å². The van der Waals surface area contributed by atoms with Gasteiger partial charge in [-0.1, -0.05) is 42.6 Å². The van der Waals surface area contributed by atoms with Crippen LogP contribution in [0.25, 0.3) is 0 Å². The molecular weight excluding hydrogens is 535 g/mol. The summed E-state index contributed by atoms with van der Waals surface area (Å²) in [5, 5.41) is 0.752. The number of benzene rings is 2. The minimum atomic E-state index is -4.10. The van der Waals surface area contributed by atoms with Gasteiger partial charge in [0.15, 0.2) is 0 Å². The predicted octanol–water partition coefficient (Wildman–Crippen LogP) is 4.00. The van der Waals surface area contributed by atoms with Gasteiger partial charge >= 0.3 is 5.97 Å². The molecule has 1 N–H and O–H groups in total. The molecule has 190 valence electrons. The summed E-state index contributed by atoms with van der Waals surface area (Å²) < 4.78 is 61.7. The van der Waals surface area contributed by atoms with Gasteiger partial charge in [0.25, 0.3) is 0 Å². The van der Waals surface area contributed by atoms with E-state index in [4.69, 9.17) is 27.9 Å². The second-order valence-corrected chi connectivity index (χ2v) is 12.5. The zero-order valence-corrected chi connectivity index (χ0v) is 22.3. The normalized spacial score (nSPS) is 19.6. The fraction of sp³-hybridized carbons (Fsp3) is 0.348. The fourth-order valence-corrected chi connectivity index (χ4v) is 7.01. The molecule has 1 aliphatic rings. The van der Waals surface area contributed by atoms with E-state index in [2.05, 4.69) is 4.72 Å². The summed E-state index contributed by atoms with van der Waals surface area (Å²) in [6.07, 6.45) is 2.95. The highest BCUT2D eigenvalue weighted by atomic mass is 35.5. The van der Waals surface area contributed by atoms with Gasteiger partial charge in [-0.3, -0.25) is 0 Å². The van der Waals surface area contributed by atoms with E-state index in [-0.39, 0.29) is 28.3 Å². The van der Waals surface area contributed by atoms with Crippen molar-refractivity contribution in [2.24, 2.45) is 0 Å². The van der Waals surface area contributed by atoms with E-state index in [9.17, 15) is 21.6 Å². The smallest absolute Gasteiger partial charge is 0.335 e. The van der Waals surface area contributed by atoms with Crippen LogP contribution in [0.3, 0.4) is 0 Å². The molecule has 1 aliphatic heterocycles. The van der Waals surface area contributed by atoms with E-state index >= 15 is 0 Å². The number of carbonyl (C=O) groups excluding carboxylic acids is 1. The van der Waals surface area contributed by atoms with Gasteiger partial charge in [-0.25, -0.2) is 26.4 Å². The van der Waals surface area contributed by atoms with E-state index in [1.165, 1.54) is 55.6 Å². The van der Waals surface area contributed by atoms with Gasteiger partial charge in [0, 0.05) is 22.6 Å².